The van der Waals surface area contributed by atoms with Crippen molar-refractivity contribution in [2.45, 2.75) is 39.7 Å². The van der Waals surface area contributed by atoms with E-state index in [2.05, 4.69) is 26.1 Å². The van der Waals surface area contributed by atoms with Crippen LogP contribution in [0.4, 0.5) is 0 Å². The van der Waals surface area contributed by atoms with Crippen molar-refractivity contribution in [3.05, 3.63) is 0 Å². The van der Waals surface area contributed by atoms with Crippen LogP contribution in [0.15, 0.2) is 0 Å². The van der Waals surface area contributed by atoms with Crippen LogP contribution in [0, 0.1) is 5.92 Å². The highest BCUT2D eigenvalue weighted by Gasteiger charge is 2.02. The van der Waals surface area contributed by atoms with Gasteiger partial charge in [0.2, 0.25) is 0 Å². The second-order valence-corrected chi connectivity index (χ2v) is 5.61. The summed E-state index contributed by atoms with van der Waals surface area (Å²) in [5.74, 6) is 1.55. The lowest BCUT2D eigenvalue weighted by Crippen LogP contribution is -2.31. The van der Waals surface area contributed by atoms with E-state index in [1.165, 1.54) is 12.8 Å². The zero-order valence-corrected chi connectivity index (χ0v) is 10.1. The molecule has 13 heavy (non-hydrogen) atoms. The molecule has 2 atom stereocenters. The summed E-state index contributed by atoms with van der Waals surface area (Å²) in [4.78, 5) is 0. The molecule has 0 aromatic carbocycles. The smallest absolute Gasteiger partial charge is 0.0383 e. The van der Waals surface area contributed by atoms with Crippen LogP contribution in [0.3, 0.4) is 0 Å². The van der Waals surface area contributed by atoms with Crippen LogP contribution in [-0.2, 0) is 10.8 Å². The third-order valence-corrected chi connectivity index (χ3v) is 2.91. The van der Waals surface area contributed by atoms with Crippen molar-refractivity contribution in [3.63, 3.8) is 0 Å². The number of hydrogen-bond acceptors (Lipinski definition) is 2. The van der Waals surface area contributed by atoms with Crippen LogP contribution in [0.25, 0.3) is 0 Å². The normalized spacial score (nSPS) is 16.1. The summed E-state index contributed by atoms with van der Waals surface area (Å²) in [6.45, 7) is 7.63. The van der Waals surface area contributed by atoms with Gasteiger partial charge in [-0.05, 0) is 32.2 Å². The van der Waals surface area contributed by atoms with Gasteiger partial charge < -0.3 is 5.32 Å². The lowest BCUT2D eigenvalue weighted by molar-refractivity contribution is 0.504. The van der Waals surface area contributed by atoms with Crippen molar-refractivity contribution in [1.82, 2.24) is 5.32 Å². The van der Waals surface area contributed by atoms with Crippen LogP contribution >= 0.6 is 0 Å². The van der Waals surface area contributed by atoms with Gasteiger partial charge in [-0.2, -0.15) is 0 Å². The molecule has 2 unspecified atom stereocenters. The molecule has 2 nitrogen and oxygen atoms in total. The topological polar surface area (TPSA) is 29.1 Å². The van der Waals surface area contributed by atoms with Gasteiger partial charge in [0.1, 0.15) is 0 Å². The van der Waals surface area contributed by atoms with E-state index in [4.69, 9.17) is 0 Å². The zero-order chi connectivity index (χ0) is 10.3. The fraction of sp³-hybridized carbons (Fsp3) is 1.00. The molecule has 0 saturated carbocycles. The van der Waals surface area contributed by atoms with Crippen molar-refractivity contribution in [1.29, 1.82) is 0 Å². The van der Waals surface area contributed by atoms with Crippen molar-refractivity contribution >= 4 is 10.8 Å². The summed E-state index contributed by atoms with van der Waals surface area (Å²) < 4.78 is 10.9. The number of rotatable bonds is 7. The van der Waals surface area contributed by atoms with Gasteiger partial charge in [-0.15, -0.1) is 0 Å². The van der Waals surface area contributed by atoms with Crippen LogP contribution in [0.2, 0.25) is 0 Å². The first-order valence-electron chi connectivity index (χ1n) is 5.05. The Bertz CT molecular complexity index is 148. The predicted octanol–water partition coefficient (Wildman–Crippen LogP) is 1.78. The molecule has 0 heterocycles. The molecule has 0 bridgehead atoms. The predicted molar refractivity (Wildman–Crippen MR) is 60.5 cm³/mol. The minimum absolute atomic E-state index is 0.387. The summed E-state index contributed by atoms with van der Waals surface area (Å²) in [5.41, 5.74) is 0. The third kappa shape index (κ3) is 10.0. The quantitative estimate of drug-likeness (QED) is 0.642. The highest BCUT2D eigenvalue weighted by Crippen LogP contribution is 2.01. The van der Waals surface area contributed by atoms with Gasteiger partial charge >= 0.3 is 0 Å². The molecule has 0 amide bonds. The molecule has 0 saturated heterocycles. The first-order valence-corrected chi connectivity index (χ1v) is 6.78. The number of hydrogen-bond donors (Lipinski definition) is 1. The molecule has 1 N–H and O–H groups in total. The maximum absolute atomic E-state index is 10.9. The monoisotopic (exact) mass is 205 g/mol. The van der Waals surface area contributed by atoms with Crippen LogP contribution in [0.5, 0.6) is 0 Å². The van der Waals surface area contributed by atoms with Crippen LogP contribution in [0.1, 0.15) is 33.6 Å². The van der Waals surface area contributed by atoms with Crippen molar-refractivity contribution in [2.75, 3.05) is 18.6 Å². The zero-order valence-electron chi connectivity index (χ0n) is 9.30. The summed E-state index contributed by atoms with van der Waals surface area (Å²) >= 11 is 0. The fourth-order valence-electron chi connectivity index (χ4n) is 1.27. The molecule has 0 fully saturated rings. The van der Waals surface area contributed by atoms with E-state index in [-0.39, 0.29) is 0 Å². The molecule has 0 aliphatic heterocycles. The summed E-state index contributed by atoms with van der Waals surface area (Å²) in [7, 11) is -0.672. The Morgan fingerprint density at radius 1 is 1.31 bits per heavy atom. The van der Waals surface area contributed by atoms with E-state index >= 15 is 0 Å². The summed E-state index contributed by atoms with van der Waals surface area (Å²) in [6.07, 6.45) is 4.25. The Morgan fingerprint density at radius 3 is 2.38 bits per heavy atom. The Kier molecular flexibility index (Phi) is 7.57. The van der Waals surface area contributed by atoms with Crippen molar-refractivity contribution in [3.8, 4) is 0 Å². The average molecular weight is 205 g/mol. The SMILES string of the molecule is CC(C)CCCNC(C)CS(C)=O. The molecular formula is C10H23NOS. The van der Waals surface area contributed by atoms with Gasteiger partial charge in [-0.1, -0.05) is 13.8 Å². The summed E-state index contributed by atoms with van der Waals surface area (Å²) in [6, 6.07) is 0.387. The van der Waals surface area contributed by atoms with E-state index < -0.39 is 10.8 Å². The van der Waals surface area contributed by atoms with E-state index in [1.54, 1.807) is 6.26 Å². The average Bonchev–Trinajstić information content (AvgIpc) is 1.96. The molecule has 0 aromatic rings. The minimum atomic E-state index is -0.672. The first-order chi connectivity index (χ1) is 6.02. The van der Waals surface area contributed by atoms with Gasteiger partial charge in [0.25, 0.3) is 0 Å². The lowest BCUT2D eigenvalue weighted by atomic mass is 10.1. The molecule has 0 aliphatic carbocycles. The van der Waals surface area contributed by atoms with E-state index in [0.717, 1.165) is 18.2 Å². The minimum Gasteiger partial charge on any atom is -0.313 e. The molecule has 3 heteroatoms. The fourth-order valence-corrected chi connectivity index (χ4v) is 2.09. The van der Waals surface area contributed by atoms with Gasteiger partial charge in [0, 0.05) is 28.9 Å². The highest BCUT2D eigenvalue weighted by atomic mass is 32.2. The standard InChI is InChI=1S/C10H23NOS/c1-9(2)6-5-7-11-10(3)8-13(4)12/h9-11H,5-8H2,1-4H3. The molecule has 80 valence electrons. The van der Waals surface area contributed by atoms with Gasteiger partial charge in [0.15, 0.2) is 0 Å². The number of nitrogens with one attached hydrogen (secondary N) is 1. The largest absolute Gasteiger partial charge is 0.313 e. The third-order valence-electron chi connectivity index (χ3n) is 1.94. The van der Waals surface area contributed by atoms with Crippen LogP contribution < -0.4 is 5.32 Å². The Hall–Kier alpha value is 0.110. The Morgan fingerprint density at radius 2 is 1.92 bits per heavy atom. The Labute approximate surface area is 84.9 Å². The second kappa shape index (κ2) is 7.51. The molecule has 0 spiro atoms. The second-order valence-electron chi connectivity index (χ2n) is 4.13. The molecule has 0 rings (SSSR count). The van der Waals surface area contributed by atoms with Crippen LogP contribution in [-0.4, -0.2) is 28.8 Å². The van der Waals surface area contributed by atoms with Gasteiger partial charge in [-0.25, -0.2) is 0 Å². The summed E-state index contributed by atoms with van der Waals surface area (Å²) in [5, 5.41) is 3.38. The molecular weight excluding hydrogens is 182 g/mol. The van der Waals surface area contributed by atoms with Gasteiger partial charge in [0.05, 0.1) is 0 Å². The van der Waals surface area contributed by atoms with E-state index in [9.17, 15) is 4.21 Å². The van der Waals surface area contributed by atoms with Crippen molar-refractivity contribution in [2.24, 2.45) is 5.92 Å². The lowest BCUT2D eigenvalue weighted by Gasteiger charge is -2.12. The molecule has 0 aromatic heterocycles. The van der Waals surface area contributed by atoms with Crippen molar-refractivity contribution < 1.29 is 4.21 Å². The first kappa shape index (κ1) is 13.1. The maximum Gasteiger partial charge on any atom is 0.0383 e. The van der Waals surface area contributed by atoms with E-state index in [1.807, 2.05) is 0 Å². The van der Waals surface area contributed by atoms with E-state index in [0.29, 0.717) is 6.04 Å². The Balaban J connectivity index is 3.26. The van der Waals surface area contributed by atoms with Gasteiger partial charge in [-0.3, -0.25) is 4.21 Å². The maximum atomic E-state index is 10.9. The highest BCUT2D eigenvalue weighted by molar-refractivity contribution is 7.84. The molecule has 0 radical (unpaired) electrons. The molecule has 0 aliphatic rings.